The maximum Gasteiger partial charge on any atom is 0.338 e. The number of hydrogen-bond acceptors (Lipinski definition) is 1. The number of alkyl halides is 4. The summed E-state index contributed by atoms with van der Waals surface area (Å²) in [5.74, 6) is -8.21. The molecule has 0 amide bonds. The van der Waals surface area contributed by atoms with Gasteiger partial charge in [0.2, 0.25) is 0 Å². The quantitative estimate of drug-likeness (QED) is 0.711. The Kier molecular flexibility index (Phi) is 3.00. The van der Waals surface area contributed by atoms with Gasteiger partial charge >= 0.3 is 11.8 Å². The molecule has 0 aromatic rings. The molecule has 4 aliphatic carbocycles. The molecular formula is C15H22F4O. The molecule has 5 heteroatoms. The van der Waals surface area contributed by atoms with Gasteiger partial charge < -0.3 is 5.11 Å². The first-order valence-electron chi connectivity index (χ1n) is 7.64. The van der Waals surface area contributed by atoms with Gasteiger partial charge in [0.15, 0.2) is 0 Å². The molecule has 2 bridgehead atoms. The summed E-state index contributed by atoms with van der Waals surface area (Å²) in [5, 5.41) is 9.91. The first-order valence-corrected chi connectivity index (χ1v) is 7.64. The van der Waals surface area contributed by atoms with Crippen molar-refractivity contribution in [2.24, 2.45) is 17.3 Å². The third-order valence-corrected chi connectivity index (χ3v) is 6.37. The van der Waals surface area contributed by atoms with Gasteiger partial charge in [-0.3, -0.25) is 0 Å². The number of aliphatic hydroxyl groups is 1. The zero-order chi connectivity index (χ0) is 14.8. The van der Waals surface area contributed by atoms with Gasteiger partial charge in [0.25, 0.3) is 0 Å². The highest BCUT2D eigenvalue weighted by Gasteiger charge is 2.82. The van der Waals surface area contributed by atoms with Crippen LogP contribution >= 0.6 is 0 Å². The first kappa shape index (κ1) is 14.6. The Morgan fingerprint density at radius 3 is 1.80 bits per heavy atom. The summed E-state index contributed by atoms with van der Waals surface area (Å²) in [6.07, 6.45) is 2.60. The predicted molar refractivity (Wildman–Crippen MR) is 66.9 cm³/mol. The lowest BCUT2D eigenvalue weighted by Gasteiger charge is -2.62. The van der Waals surface area contributed by atoms with Gasteiger partial charge in [-0.15, -0.1) is 0 Å². The third kappa shape index (κ3) is 1.53. The summed E-state index contributed by atoms with van der Waals surface area (Å²) >= 11 is 0. The Hall–Kier alpha value is -0.320. The van der Waals surface area contributed by atoms with Crippen molar-refractivity contribution in [3.05, 3.63) is 0 Å². The van der Waals surface area contributed by atoms with Crippen molar-refractivity contribution < 1.29 is 22.7 Å². The van der Waals surface area contributed by atoms with Crippen molar-refractivity contribution in [1.29, 1.82) is 0 Å². The number of halogens is 4. The average molecular weight is 294 g/mol. The molecule has 0 aliphatic heterocycles. The van der Waals surface area contributed by atoms with Crippen molar-refractivity contribution in [3.8, 4) is 0 Å². The topological polar surface area (TPSA) is 20.2 Å². The standard InChI is InChI=1S/C15H22F4O/c1-10-2-4-11(5-3-10)12-6-8-13(20,9-7-12)15(18,19)14(12,16)17/h10-11,20H,2-9H2,1H3. The second-order valence-corrected chi connectivity index (χ2v) is 7.29. The molecule has 0 aromatic carbocycles. The summed E-state index contributed by atoms with van der Waals surface area (Å²) in [6, 6.07) is 0. The van der Waals surface area contributed by atoms with E-state index in [0.29, 0.717) is 18.8 Å². The number of hydrogen-bond donors (Lipinski definition) is 1. The lowest BCUT2D eigenvalue weighted by molar-refractivity contribution is -0.392. The first-order chi connectivity index (χ1) is 9.16. The minimum Gasteiger partial charge on any atom is -0.383 e. The highest BCUT2D eigenvalue weighted by atomic mass is 19.3. The maximum atomic E-state index is 14.5. The Balaban J connectivity index is 1.96. The van der Waals surface area contributed by atoms with Gasteiger partial charge in [-0.1, -0.05) is 19.8 Å². The molecule has 0 radical (unpaired) electrons. The summed E-state index contributed by atoms with van der Waals surface area (Å²) in [7, 11) is 0. The van der Waals surface area contributed by atoms with Crippen LogP contribution in [-0.4, -0.2) is 22.6 Å². The molecule has 0 heterocycles. The van der Waals surface area contributed by atoms with Crippen LogP contribution in [0, 0.1) is 17.3 Å². The second kappa shape index (κ2) is 4.11. The van der Waals surface area contributed by atoms with Gasteiger partial charge in [-0.25, -0.2) is 0 Å². The van der Waals surface area contributed by atoms with Crippen LogP contribution in [0.5, 0.6) is 0 Å². The van der Waals surface area contributed by atoms with Gasteiger partial charge in [-0.2, -0.15) is 17.6 Å². The molecule has 116 valence electrons. The molecule has 1 N–H and O–H groups in total. The molecule has 4 fully saturated rings. The molecule has 0 aromatic heterocycles. The zero-order valence-corrected chi connectivity index (χ0v) is 11.8. The molecular weight excluding hydrogens is 272 g/mol. The molecule has 0 saturated heterocycles. The van der Waals surface area contributed by atoms with E-state index in [1.165, 1.54) is 0 Å². The van der Waals surface area contributed by atoms with E-state index in [4.69, 9.17) is 0 Å². The van der Waals surface area contributed by atoms with Gasteiger partial charge in [-0.05, 0) is 50.4 Å². The minimum atomic E-state index is -4.29. The summed E-state index contributed by atoms with van der Waals surface area (Å²) in [4.78, 5) is 0. The molecule has 0 spiro atoms. The molecule has 1 nitrogen and oxygen atoms in total. The van der Waals surface area contributed by atoms with Crippen molar-refractivity contribution in [2.45, 2.75) is 75.7 Å². The van der Waals surface area contributed by atoms with Gasteiger partial charge in [0.1, 0.15) is 5.60 Å². The van der Waals surface area contributed by atoms with Crippen molar-refractivity contribution in [2.75, 3.05) is 0 Å². The highest BCUT2D eigenvalue weighted by molar-refractivity contribution is 5.20. The zero-order valence-electron chi connectivity index (χ0n) is 11.8. The summed E-state index contributed by atoms with van der Waals surface area (Å²) in [5.41, 5.74) is -4.10. The Labute approximate surface area is 116 Å². The third-order valence-electron chi connectivity index (χ3n) is 6.37. The van der Waals surface area contributed by atoms with E-state index in [1.807, 2.05) is 0 Å². The lowest BCUT2D eigenvalue weighted by Crippen LogP contribution is -2.74. The van der Waals surface area contributed by atoms with Crippen molar-refractivity contribution >= 4 is 0 Å². The van der Waals surface area contributed by atoms with Gasteiger partial charge in [0.05, 0.1) is 0 Å². The van der Waals surface area contributed by atoms with E-state index in [2.05, 4.69) is 6.92 Å². The normalized spacial score (nSPS) is 50.1. The summed E-state index contributed by atoms with van der Waals surface area (Å²) < 4.78 is 57.4. The van der Waals surface area contributed by atoms with Crippen molar-refractivity contribution in [1.82, 2.24) is 0 Å². The molecule has 4 saturated carbocycles. The van der Waals surface area contributed by atoms with Crippen LogP contribution < -0.4 is 0 Å². The van der Waals surface area contributed by atoms with Crippen LogP contribution in [0.25, 0.3) is 0 Å². The van der Waals surface area contributed by atoms with Crippen LogP contribution in [-0.2, 0) is 0 Å². The molecule has 4 aliphatic rings. The van der Waals surface area contributed by atoms with E-state index >= 15 is 0 Å². The second-order valence-electron chi connectivity index (χ2n) is 7.29. The largest absolute Gasteiger partial charge is 0.383 e. The Morgan fingerprint density at radius 1 is 0.800 bits per heavy atom. The SMILES string of the molecule is CC1CCC(C23CCC(O)(CC2)C(F)(F)C3(F)F)CC1. The Bertz CT molecular complexity index is 391. The van der Waals surface area contributed by atoms with Crippen LogP contribution in [0.4, 0.5) is 17.6 Å². The smallest absolute Gasteiger partial charge is 0.338 e. The van der Waals surface area contributed by atoms with Crippen LogP contribution in [0.15, 0.2) is 0 Å². The lowest BCUT2D eigenvalue weighted by atomic mass is 9.48. The average Bonchev–Trinajstić information content (AvgIpc) is 2.39. The number of fused-ring (bicyclic) bond motifs is 3. The maximum absolute atomic E-state index is 14.5. The van der Waals surface area contributed by atoms with E-state index in [1.54, 1.807) is 0 Å². The molecule has 0 atom stereocenters. The van der Waals surface area contributed by atoms with E-state index < -0.39 is 22.9 Å². The van der Waals surface area contributed by atoms with E-state index in [9.17, 15) is 22.7 Å². The van der Waals surface area contributed by atoms with Crippen LogP contribution in [0.3, 0.4) is 0 Å². The minimum absolute atomic E-state index is 0.0329. The highest BCUT2D eigenvalue weighted by Crippen LogP contribution is 2.70. The Morgan fingerprint density at radius 2 is 1.30 bits per heavy atom. The monoisotopic (exact) mass is 294 g/mol. The fraction of sp³-hybridized carbons (Fsp3) is 1.00. The van der Waals surface area contributed by atoms with Crippen LogP contribution in [0.2, 0.25) is 0 Å². The van der Waals surface area contributed by atoms with Gasteiger partial charge in [0, 0.05) is 5.41 Å². The van der Waals surface area contributed by atoms with Crippen molar-refractivity contribution in [3.63, 3.8) is 0 Å². The van der Waals surface area contributed by atoms with E-state index in [0.717, 1.165) is 12.8 Å². The summed E-state index contributed by atoms with van der Waals surface area (Å²) in [6.45, 7) is 2.08. The van der Waals surface area contributed by atoms with Crippen LogP contribution in [0.1, 0.15) is 58.3 Å². The fourth-order valence-corrected chi connectivity index (χ4v) is 4.82. The molecule has 20 heavy (non-hydrogen) atoms. The predicted octanol–water partition coefficient (Wildman–Crippen LogP) is 4.39. The van der Waals surface area contributed by atoms with E-state index in [-0.39, 0.29) is 31.6 Å². The fourth-order valence-electron chi connectivity index (χ4n) is 4.82. The number of rotatable bonds is 1. The molecule has 4 rings (SSSR count). The molecule has 0 unspecified atom stereocenters.